The Morgan fingerprint density at radius 3 is 2.94 bits per heavy atom. The minimum atomic E-state index is -1.17. The predicted octanol–water partition coefficient (Wildman–Crippen LogP) is 2.67. The Kier molecular flexibility index (Phi) is 5.23. The number of carbonyl (C=O) groups excluding carboxylic acids is 1. The van der Waals surface area contributed by atoms with Crippen molar-refractivity contribution in [3.05, 3.63) is 53.9 Å². The molecule has 8 heteroatoms. The van der Waals surface area contributed by atoms with E-state index in [9.17, 15) is 9.18 Å². The molecule has 2 N–H and O–H groups in total. The summed E-state index contributed by atoms with van der Waals surface area (Å²) in [6.45, 7) is 5.84. The van der Waals surface area contributed by atoms with Crippen LogP contribution in [0.3, 0.4) is 0 Å². The molecule has 1 amide bonds. The molecule has 1 unspecified atom stereocenters. The molecule has 5 rings (SSSR count). The Labute approximate surface area is 180 Å². The van der Waals surface area contributed by atoms with Gasteiger partial charge in [-0.2, -0.15) is 0 Å². The van der Waals surface area contributed by atoms with Gasteiger partial charge in [-0.05, 0) is 37.1 Å². The average molecular weight is 423 g/mol. The number of amides is 1. The van der Waals surface area contributed by atoms with Gasteiger partial charge in [0.15, 0.2) is 6.30 Å². The number of nitrogens with one attached hydrogen (secondary N) is 2. The molecule has 4 heterocycles. The number of aromatic nitrogens is 2. The molecule has 0 radical (unpaired) electrons. The Bertz CT molecular complexity index is 1110. The van der Waals surface area contributed by atoms with Crippen molar-refractivity contribution in [2.24, 2.45) is 0 Å². The number of carbonyl (C=O) groups is 1. The number of piperazine rings is 1. The molecule has 1 fully saturated rings. The van der Waals surface area contributed by atoms with E-state index < -0.39 is 6.30 Å². The number of benzene rings is 1. The molecule has 2 aliphatic rings. The molecule has 7 nitrogen and oxygen atoms in total. The third-order valence-corrected chi connectivity index (χ3v) is 5.97. The van der Waals surface area contributed by atoms with Crippen molar-refractivity contribution in [3.8, 4) is 5.75 Å². The Balaban J connectivity index is 1.26. The zero-order valence-electron chi connectivity index (χ0n) is 17.5. The largest absolute Gasteiger partial charge is 0.491 e. The summed E-state index contributed by atoms with van der Waals surface area (Å²) < 4.78 is 21.1. The summed E-state index contributed by atoms with van der Waals surface area (Å²) in [4.78, 5) is 19.4. The lowest BCUT2D eigenvalue weighted by atomic mass is 10.0. The van der Waals surface area contributed by atoms with Crippen LogP contribution in [0.5, 0.6) is 5.75 Å². The Hall–Kier alpha value is -3.13. The first-order chi connectivity index (χ1) is 15.1. The summed E-state index contributed by atoms with van der Waals surface area (Å²) in [5.74, 6) is 0.691. The Morgan fingerprint density at radius 2 is 2.13 bits per heavy atom. The number of halogens is 1. The number of fused-ring (bicyclic) bond motifs is 2. The fourth-order valence-corrected chi connectivity index (χ4v) is 4.30. The normalized spacial score (nSPS) is 19.5. The quantitative estimate of drug-likeness (QED) is 0.675. The summed E-state index contributed by atoms with van der Waals surface area (Å²) in [7, 11) is 0. The van der Waals surface area contributed by atoms with Gasteiger partial charge >= 0.3 is 0 Å². The lowest BCUT2D eigenvalue weighted by Gasteiger charge is -2.31. The highest BCUT2D eigenvalue weighted by atomic mass is 19.1. The predicted molar refractivity (Wildman–Crippen MR) is 118 cm³/mol. The van der Waals surface area contributed by atoms with Gasteiger partial charge < -0.3 is 24.8 Å². The fraction of sp³-hybridized carbons (Fsp3) is 0.391. The van der Waals surface area contributed by atoms with Crippen LogP contribution in [0.1, 0.15) is 29.1 Å². The van der Waals surface area contributed by atoms with Crippen LogP contribution < -0.4 is 20.3 Å². The topological polar surface area (TPSA) is 71.4 Å². The molecule has 1 saturated heterocycles. The van der Waals surface area contributed by atoms with Gasteiger partial charge in [-0.3, -0.25) is 4.79 Å². The lowest BCUT2D eigenvalue weighted by molar-refractivity contribution is 0.0915. The van der Waals surface area contributed by atoms with Crippen LogP contribution in [-0.2, 0) is 6.42 Å². The Morgan fingerprint density at radius 1 is 1.29 bits per heavy atom. The number of hydrogen-bond acceptors (Lipinski definition) is 5. The highest BCUT2D eigenvalue weighted by Gasteiger charge is 2.23. The monoisotopic (exact) mass is 423 g/mol. The van der Waals surface area contributed by atoms with Gasteiger partial charge in [0.1, 0.15) is 18.0 Å². The van der Waals surface area contributed by atoms with Gasteiger partial charge in [0.2, 0.25) is 0 Å². The lowest BCUT2D eigenvalue weighted by Crippen LogP contribution is -2.44. The first kappa shape index (κ1) is 19.8. The highest BCUT2D eigenvalue weighted by molar-refractivity contribution is 5.97. The molecule has 162 valence electrons. The second kappa shape index (κ2) is 8.19. The maximum atomic E-state index is 13.6. The van der Waals surface area contributed by atoms with Crippen molar-refractivity contribution in [2.75, 3.05) is 37.7 Å². The summed E-state index contributed by atoms with van der Waals surface area (Å²) >= 11 is 0. The summed E-state index contributed by atoms with van der Waals surface area (Å²) in [5, 5.41) is 7.15. The van der Waals surface area contributed by atoms with Crippen molar-refractivity contribution in [1.29, 1.82) is 0 Å². The molecule has 1 aromatic carbocycles. The molecule has 3 aromatic rings. The van der Waals surface area contributed by atoms with Gasteiger partial charge in [-0.15, -0.1) is 0 Å². The van der Waals surface area contributed by atoms with Gasteiger partial charge in [-0.1, -0.05) is 6.07 Å². The van der Waals surface area contributed by atoms with Crippen LogP contribution in [0.2, 0.25) is 0 Å². The van der Waals surface area contributed by atoms with Crippen LogP contribution in [0.15, 0.2) is 42.7 Å². The standard InChI is InChI=1S/C23H26FN5O2/c1-15(24)29-7-4-17-10-18(13-26-22(17)29)23(30)27-19-11-16-2-3-20(12-21(16)31-14-19)28-8-5-25-6-9-28/h2-4,7,10,12-13,15,19,25H,5-6,8-9,11,14H2,1H3,(H,27,30)/t15?,19-/m1/s1. The molecule has 2 aromatic heterocycles. The molecule has 0 saturated carbocycles. The number of hydrogen-bond donors (Lipinski definition) is 2. The fourth-order valence-electron chi connectivity index (χ4n) is 4.30. The van der Waals surface area contributed by atoms with Gasteiger partial charge in [-0.25, -0.2) is 9.37 Å². The number of rotatable bonds is 4. The second-order valence-electron chi connectivity index (χ2n) is 8.15. The van der Waals surface area contributed by atoms with Gasteiger partial charge in [0.05, 0.1) is 11.6 Å². The van der Waals surface area contributed by atoms with E-state index in [0.29, 0.717) is 24.2 Å². The highest BCUT2D eigenvalue weighted by Crippen LogP contribution is 2.30. The minimum Gasteiger partial charge on any atom is -0.491 e. The molecule has 31 heavy (non-hydrogen) atoms. The third-order valence-electron chi connectivity index (χ3n) is 5.97. The minimum absolute atomic E-state index is 0.115. The zero-order chi connectivity index (χ0) is 21.4. The zero-order valence-corrected chi connectivity index (χ0v) is 17.5. The summed E-state index contributed by atoms with van der Waals surface area (Å²) in [6.07, 6.45) is 2.68. The van der Waals surface area contributed by atoms with E-state index in [1.165, 1.54) is 23.4 Å². The maximum Gasteiger partial charge on any atom is 0.253 e. The first-order valence-corrected chi connectivity index (χ1v) is 10.7. The van der Waals surface area contributed by atoms with E-state index in [1.54, 1.807) is 18.3 Å². The molecular formula is C23H26FN5O2. The third kappa shape index (κ3) is 3.95. The molecule has 2 atom stereocenters. The first-order valence-electron chi connectivity index (χ1n) is 10.7. The van der Waals surface area contributed by atoms with E-state index in [-0.39, 0.29) is 11.9 Å². The van der Waals surface area contributed by atoms with E-state index in [4.69, 9.17) is 4.74 Å². The van der Waals surface area contributed by atoms with Gasteiger partial charge in [0.25, 0.3) is 5.91 Å². The SMILES string of the molecule is CC(F)n1ccc2cc(C(=O)N[C@H]3COc4cc(N5CCNCC5)ccc4C3)cnc21. The van der Waals surface area contributed by atoms with Crippen molar-refractivity contribution in [3.63, 3.8) is 0 Å². The number of nitrogens with zero attached hydrogens (tertiary/aromatic N) is 3. The number of anilines is 1. The summed E-state index contributed by atoms with van der Waals surface area (Å²) in [6, 6.07) is 9.73. The molecular weight excluding hydrogens is 397 g/mol. The molecule has 0 bridgehead atoms. The average Bonchev–Trinajstić information content (AvgIpc) is 3.23. The molecule has 0 aliphatic carbocycles. The van der Waals surface area contributed by atoms with Crippen LogP contribution in [0.25, 0.3) is 11.0 Å². The van der Waals surface area contributed by atoms with E-state index in [0.717, 1.165) is 42.9 Å². The van der Waals surface area contributed by atoms with Crippen LogP contribution in [-0.4, -0.2) is 54.3 Å². The maximum absolute atomic E-state index is 13.6. The van der Waals surface area contributed by atoms with Crippen molar-refractivity contribution in [1.82, 2.24) is 20.2 Å². The molecule has 0 spiro atoms. The van der Waals surface area contributed by atoms with Crippen molar-refractivity contribution >= 4 is 22.6 Å². The second-order valence-corrected chi connectivity index (χ2v) is 8.15. The number of pyridine rings is 1. The summed E-state index contributed by atoms with van der Waals surface area (Å²) in [5.41, 5.74) is 3.26. The van der Waals surface area contributed by atoms with Gasteiger partial charge in [0, 0.05) is 55.7 Å². The van der Waals surface area contributed by atoms with Crippen molar-refractivity contribution < 1.29 is 13.9 Å². The van der Waals surface area contributed by atoms with E-state index in [2.05, 4.69) is 38.7 Å². The smallest absolute Gasteiger partial charge is 0.253 e. The van der Waals surface area contributed by atoms with E-state index in [1.807, 2.05) is 0 Å². The van der Waals surface area contributed by atoms with Crippen LogP contribution in [0.4, 0.5) is 10.1 Å². The number of ether oxygens (including phenoxy) is 1. The van der Waals surface area contributed by atoms with E-state index >= 15 is 0 Å². The van der Waals surface area contributed by atoms with Crippen LogP contribution >= 0.6 is 0 Å². The van der Waals surface area contributed by atoms with Crippen LogP contribution in [0, 0.1) is 0 Å². The van der Waals surface area contributed by atoms with Crippen molar-refractivity contribution in [2.45, 2.75) is 25.7 Å². The molecule has 2 aliphatic heterocycles. The number of alkyl halides is 1.